The fourth-order valence-electron chi connectivity index (χ4n) is 3.81. The third-order valence-corrected chi connectivity index (χ3v) is 5.08. The first-order valence-corrected chi connectivity index (χ1v) is 9.70. The highest BCUT2D eigenvalue weighted by Crippen LogP contribution is 2.20. The van der Waals surface area contributed by atoms with Crippen molar-refractivity contribution < 1.29 is 4.79 Å². The smallest absolute Gasteiger partial charge is 0.244 e. The lowest BCUT2D eigenvalue weighted by atomic mass is 10.1. The van der Waals surface area contributed by atoms with Gasteiger partial charge in [0.2, 0.25) is 5.91 Å². The molecule has 0 bridgehead atoms. The third-order valence-electron chi connectivity index (χ3n) is 5.08. The van der Waals surface area contributed by atoms with E-state index in [-0.39, 0.29) is 11.9 Å². The Bertz CT molecular complexity index is 1000. The highest BCUT2D eigenvalue weighted by Gasteiger charge is 2.22. The summed E-state index contributed by atoms with van der Waals surface area (Å²) in [4.78, 5) is 26.8. The predicted octanol–water partition coefficient (Wildman–Crippen LogP) is 3.37. The molecule has 1 aliphatic rings. The molecule has 0 aliphatic carbocycles. The predicted molar refractivity (Wildman–Crippen MR) is 112 cm³/mol. The van der Waals surface area contributed by atoms with Gasteiger partial charge in [-0.3, -0.25) is 4.79 Å². The highest BCUT2D eigenvalue weighted by molar-refractivity contribution is 5.96. The molecule has 144 valence electrons. The minimum absolute atomic E-state index is 0.0628. The zero-order valence-corrected chi connectivity index (χ0v) is 16.3. The van der Waals surface area contributed by atoms with E-state index >= 15 is 0 Å². The molecule has 2 N–H and O–H groups in total. The van der Waals surface area contributed by atoms with E-state index in [0.29, 0.717) is 0 Å². The number of amides is 1. The van der Waals surface area contributed by atoms with Crippen LogP contribution in [0.2, 0.25) is 0 Å². The molecule has 3 heterocycles. The summed E-state index contributed by atoms with van der Waals surface area (Å²) in [7, 11) is 0. The van der Waals surface area contributed by atoms with Gasteiger partial charge in [0, 0.05) is 54.1 Å². The molecule has 0 saturated carbocycles. The van der Waals surface area contributed by atoms with Crippen LogP contribution in [0.25, 0.3) is 17.0 Å². The Balaban J connectivity index is 1.40. The van der Waals surface area contributed by atoms with Crippen LogP contribution in [0.5, 0.6) is 0 Å². The van der Waals surface area contributed by atoms with Crippen molar-refractivity contribution in [3.8, 4) is 0 Å². The second kappa shape index (κ2) is 7.84. The Kier molecular flexibility index (Phi) is 5.10. The van der Waals surface area contributed by atoms with E-state index < -0.39 is 0 Å². The second-order valence-corrected chi connectivity index (χ2v) is 7.33. The average molecular weight is 375 g/mol. The first-order valence-electron chi connectivity index (χ1n) is 9.70. The van der Waals surface area contributed by atoms with Gasteiger partial charge in [0.15, 0.2) is 0 Å². The van der Waals surface area contributed by atoms with Gasteiger partial charge < -0.3 is 15.2 Å². The van der Waals surface area contributed by atoms with Crippen LogP contribution >= 0.6 is 0 Å². The molecule has 2 aromatic heterocycles. The number of aryl methyl sites for hydroxylation is 2. The maximum atomic E-state index is 12.4. The summed E-state index contributed by atoms with van der Waals surface area (Å²) < 4.78 is 0. The molecule has 1 aliphatic heterocycles. The minimum Gasteiger partial charge on any atom is -0.361 e. The van der Waals surface area contributed by atoms with Gasteiger partial charge in [-0.15, -0.1) is 0 Å². The third kappa shape index (κ3) is 4.06. The van der Waals surface area contributed by atoms with Crippen LogP contribution < -0.4 is 10.2 Å². The molecule has 3 aromatic rings. The summed E-state index contributed by atoms with van der Waals surface area (Å²) in [5.41, 5.74) is 3.05. The molecule has 6 nitrogen and oxygen atoms in total. The maximum absolute atomic E-state index is 12.4. The van der Waals surface area contributed by atoms with Gasteiger partial charge in [-0.25, -0.2) is 9.97 Å². The number of rotatable bonds is 4. The summed E-state index contributed by atoms with van der Waals surface area (Å²) >= 11 is 0. The Morgan fingerprint density at radius 2 is 2.14 bits per heavy atom. The van der Waals surface area contributed by atoms with E-state index in [2.05, 4.69) is 25.2 Å². The SMILES string of the molecule is Cc1cc(N2CCC[C@H](NC(=O)/C=C/c3c[nH]c4ccccc34)C2)nc(C)n1. The number of nitrogens with one attached hydrogen (secondary N) is 2. The first kappa shape index (κ1) is 18.2. The molecule has 1 amide bonds. The summed E-state index contributed by atoms with van der Waals surface area (Å²) in [6.07, 6.45) is 7.42. The van der Waals surface area contributed by atoms with Crippen LogP contribution in [0.4, 0.5) is 5.82 Å². The monoisotopic (exact) mass is 375 g/mol. The summed E-state index contributed by atoms with van der Waals surface area (Å²) in [6.45, 7) is 5.61. The average Bonchev–Trinajstić information content (AvgIpc) is 3.09. The van der Waals surface area contributed by atoms with Crippen molar-refractivity contribution in [2.75, 3.05) is 18.0 Å². The number of H-pyrrole nitrogens is 1. The lowest BCUT2D eigenvalue weighted by Crippen LogP contribution is -2.47. The molecule has 1 atom stereocenters. The van der Waals surface area contributed by atoms with Gasteiger partial charge >= 0.3 is 0 Å². The van der Waals surface area contributed by atoms with Gasteiger partial charge in [-0.1, -0.05) is 18.2 Å². The van der Waals surface area contributed by atoms with Crippen molar-refractivity contribution in [3.63, 3.8) is 0 Å². The number of nitrogens with zero attached hydrogens (tertiary/aromatic N) is 3. The number of aromatic amines is 1. The van der Waals surface area contributed by atoms with E-state index in [0.717, 1.165) is 59.7 Å². The number of hydrogen-bond acceptors (Lipinski definition) is 4. The fourth-order valence-corrected chi connectivity index (χ4v) is 3.81. The molecule has 0 unspecified atom stereocenters. The Hall–Kier alpha value is -3.15. The molecular weight excluding hydrogens is 350 g/mol. The minimum atomic E-state index is -0.0628. The highest BCUT2D eigenvalue weighted by atomic mass is 16.1. The van der Waals surface area contributed by atoms with Crippen molar-refractivity contribution in [1.29, 1.82) is 0 Å². The molecule has 1 saturated heterocycles. The van der Waals surface area contributed by atoms with E-state index in [4.69, 9.17) is 0 Å². The van der Waals surface area contributed by atoms with Gasteiger partial charge in [-0.2, -0.15) is 0 Å². The van der Waals surface area contributed by atoms with E-state index in [1.807, 2.05) is 56.5 Å². The lowest BCUT2D eigenvalue weighted by molar-refractivity contribution is -0.117. The van der Waals surface area contributed by atoms with Gasteiger partial charge in [-0.05, 0) is 44.4 Å². The number of piperidine rings is 1. The molecule has 1 aromatic carbocycles. The van der Waals surface area contributed by atoms with Crippen LogP contribution in [0.1, 0.15) is 29.9 Å². The van der Waals surface area contributed by atoms with Crippen molar-refractivity contribution in [1.82, 2.24) is 20.3 Å². The Labute approximate surface area is 164 Å². The topological polar surface area (TPSA) is 73.9 Å². The molecule has 0 radical (unpaired) electrons. The normalized spacial score (nSPS) is 17.4. The van der Waals surface area contributed by atoms with E-state index in [1.54, 1.807) is 6.08 Å². The van der Waals surface area contributed by atoms with Crippen LogP contribution in [-0.2, 0) is 4.79 Å². The standard InChI is InChI=1S/C22H25N5O/c1-15-12-21(25-16(2)24-15)27-11-5-6-18(14-27)26-22(28)10-9-17-13-23-20-8-4-3-7-19(17)20/h3-4,7-10,12-13,18,23H,5-6,11,14H2,1-2H3,(H,26,28)/b10-9+/t18-/m0/s1. The summed E-state index contributed by atoms with van der Waals surface area (Å²) in [5.74, 6) is 1.66. The van der Waals surface area contributed by atoms with Gasteiger partial charge in [0.25, 0.3) is 0 Å². The summed E-state index contributed by atoms with van der Waals surface area (Å²) in [5, 5.41) is 4.25. The zero-order chi connectivity index (χ0) is 19.5. The number of carbonyl (C=O) groups is 1. The molecule has 1 fully saturated rings. The van der Waals surface area contributed by atoms with Crippen LogP contribution in [0.3, 0.4) is 0 Å². The largest absolute Gasteiger partial charge is 0.361 e. The Morgan fingerprint density at radius 1 is 1.29 bits per heavy atom. The number of carbonyl (C=O) groups excluding carboxylic acids is 1. The number of fused-ring (bicyclic) bond motifs is 1. The molecule has 4 rings (SSSR count). The second-order valence-electron chi connectivity index (χ2n) is 7.33. The molecule has 0 spiro atoms. The van der Waals surface area contributed by atoms with Crippen LogP contribution in [-0.4, -0.2) is 40.0 Å². The molecule has 6 heteroatoms. The van der Waals surface area contributed by atoms with Crippen molar-refractivity contribution in [3.05, 3.63) is 59.7 Å². The first-order chi connectivity index (χ1) is 13.6. The lowest BCUT2D eigenvalue weighted by Gasteiger charge is -2.34. The Morgan fingerprint density at radius 3 is 3.00 bits per heavy atom. The molecule has 28 heavy (non-hydrogen) atoms. The number of aromatic nitrogens is 3. The van der Waals surface area contributed by atoms with Crippen LogP contribution in [0, 0.1) is 13.8 Å². The van der Waals surface area contributed by atoms with Crippen LogP contribution in [0.15, 0.2) is 42.6 Å². The maximum Gasteiger partial charge on any atom is 0.244 e. The van der Waals surface area contributed by atoms with Crippen molar-refractivity contribution in [2.45, 2.75) is 32.7 Å². The zero-order valence-electron chi connectivity index (χ0n) is 16.3. The molecular formula is C22H25N5O. The van der Waals surface area contributed by atoms with Gasteiger partial charge in [0.1, 0.15) is 11.6 Å². The number of hydrogen-bond donors (Lipinski definition) is 2. The van der Waals surface area contributed by atoms with E-state index in [9.17, 15) is 4.79 Å². The number of anilines is 1. The quantitative estimate of drug-likeness (QED) is 0.686. The number of para-hydroxylation sites is 1. The van der Waals surface area contributed by atoms with E-state index in [1.165, 1.54) is 0 Å². The van der Waals surface area contributed by atoms with Crippen molar-refractivity contribution >= 4 is 28.7 Å². The van der Waals surface area contributed by atoms with Crippen molar-refractivity contribution in [2.24, 2.45) is 0 Å². The number of benzene rings is 1. The van der Waals surface area contributed by atoms with Gasteiger partial charge in [0.05, 0.1) is 0 Å². The fraction of sp³-hybridized carbons (Fsp3) is 0.318. The summed E-state index contributed by atoms with van der Waals surface area (Å²) in [6, 6.07) is 10.2.